The monoisotopic (exact) mass is 463 g/mol. The van der Waals surface area contributed by atoms with E-state index in [2.05, 4.69) is 10.0 Å². The molecule has 3 atom stereocenters. The summed E-state index contributed by atoms with van der Waals surface area (Å²) < 4.78 is 66.3. The molecule has 1 aromatic rings. The lowest BCUT2D eigenvalue weighted by Gasteiger charge is -2.42. The molecule has 0 aliphatic heterocycles. The minimum absolute atomic E-state index is 0.0485. The highest BCUT2D eigenvalue weighted by molar-refractivity contribution is 7.90. The number of halogens is 3. The molecule has 31 heavy (non-hydrogen) atoms. The van der Waals surface area contributed by atoms with Crippen LogP contribution in [-0.2, 0) is 22.9 Å². The number of nitrogens with one attached hydrogen (secondary N) is 2. The van der Waals surface area contributed by atoms with Gasteiger partial charge in [0.25, 0.3) is 5.69 Å². The van der Waals surface area contributed by atoms with Crippen LogP contribution < -0.4 is 10.0 Å². The highest BCUT2D eigenvalue weighted by Crippen LogP contribution is 2.48. The second kappa shape index (κ2) is 8.00. The van der Waals surface area contributed by atoms with E-state index in [4.69, 9.17) is 0 Å². The van der Waals surface area contributed by atoms with Crippen molar-refractivity contribution in [1.82, 2.24) is 10.0 Å². The molecule has 1 saturated carbocycles. The summed E-state index contributed by atoms with van der Waals surface area (Å²) in [4.78, 5) is 10.7. The lowest BCUT2D eigenvalue weighted by Crippen LogP contribution is -2.63. The average molecular weight is 464 g/mol. The first-order chi connectivity index (χ1) is 14.1. The van der Waals surface area contributed by atoms with E-state index in [0.717, 1.165) is 11.1 Å². The molecule has 7 nitrogen and oxygen atoms in total. The molecular weight excluding hydrogens is 435 g/mol. The van der Waals surface area contributed by atoms with E-state index in [9.17, 15) is 31.7 Å². The summed E-state index contributed by atoms with van der Waals surface area (Å²) in [6.45, 7) is 3.26. The van der Waals surface area contributed by atoms with E-state index in [0.29, 0.717) is 25.7 Å². The Bertz CT molecular complexity index is 959. The molecule has 2 N–H and O–H groups in total. The summed E-state index contributed by atoms with van der Waals surface area (Å²) in [5.74, 6) is -0.503. The Morgan fingerprint density at radius 2 is 1.71 bits per heavy atom. The Kier molecular flexibility index (Phi) is 6.18. The van der Waals surface area contributed by atoms with Gasteiger partial charge in [0.05, 0.1) is 21.8 Å². The number of nitro groups is 1. The highest BCUT2D eigenvalue weighted by atomic mass is 32.2. The van der Waals surface area contributed by atoms with Crippen molar-refractivity contribution in [3.8, 4) is 0 Å². The Morgan fingerprint density at radius 1 is 1.13 bits per heavy atom. The van der Waals surface area contributed by atoms with Crippen molar-refractivity contribution >= 4 is 15.7 Å². The van der Waals surface area contributed by atoms with Gasteiger partial charge < -0.3 is 5.32 Å². The molecule has 0 aromatic heterocycles. The summed E-state index contributed by atoms with van der Waals surface area (Å²) in [5.41, 5.74) is 0.489. The van der Waals surface area contributed by atoms with Gasteiger partial charge in [-0.1, -0.05) is 6.07 Å². The second-order valence-corrected chi connectivity index (χ2v) is 12.0. The zero-order valence-corrected chi connectivity index (χ0v) is 18.6. The second-order valence-electron chi connectivity index (χ2n) is 9.57. The van der Waals surface area contributed by atoms with Gasteiger partial charge in [-0.05, 0) is 69.4 Å². The lowest BCUT2D eigenvalue weighted by atomic mass is 9.79. The van der Waals surface area contributed by atoms with E-state index in [1.807, 2.05) is 0 Å². The Labute approximate surface area is 180 Å². The molecule has 2 bridgehead atoms. The van der Waals surface area contributed by atoms with Gasteiger partial charge in [-0.2, -0.15) is 13.2 Å². The van der Waals surface area contributed by atoms with Crippen LogP contribution in [0.2, 0.25) is 0 Å². The first-order valence-corrected chi connectivity index (χ1v) is 11.7. The third-order valence-corrected chi connectivity index (χ3v) is 8.79. The predicted octanol–water partition coefficient (Wildman–Crippen LogP) is 3.33. The molecular formula is C20H28F3N3O4S. The zero-order valence-electron chi connectivity index (χ0n) is 17.8. The molecule has 2 aliphatic carbocycles. The third-order valence-electron chi connectivity index (χ3n) is 6.53. The van der Waals surface area contributed by atoms with Crippen molar-refractivity contribution in [2.24, 2.45) is 11.8 Å². The molecule has 11 heteroatoms. The van der Waals surface area contributed by atoms with Crippen LogP contribution in [0.1, 0.15) is 44.7 Å². The molecule has 0 amide bonds. The summed E-state index contributed by atoms with van der Waals surface area (Å²) in [7, 11) is -3.85. The van der Waals surface area contributed by atoms with Crippen LogP contribution >= 0.6 is 0 Å². The molecule has 2 aliphatic rings. The molecule has 0 radical (unpaired) electrons. The SMILES string of the molecule is CC(C)(C)S(=O)(=O)N[C@@]1(CNCC(F)(F)F)[C@@H]2CC[C@H]1Cc1ccc([N+](=O)[O-])cc1C2. The van der Waals surface area contributed by atoms with Gasteiger partial charge in [-0.15, -0.1) is 0 Å². The summed E-state index contributed by atoms with van der Waals surface area (Å²) >= 11 is 0. The third kappa shape index (κ3) is 4.88. The van der Waals surface area contributed by atoms with E-state index >= 15 is 0 Å². The number of benzene rings is 1. The highest BCUT2D eigenvalue weighted by Gasteiger charge is 2.54. The largest absolute Gasteiger partial charge is 0.401 e. The molecule has 0 unspecified atom stereocenters. The number of hydrogen-bond donors (Lipinski definition) is 2. The summed E-state index contributed by atoms with van der Waals surface area (Å²) in [6, 6.07) is 4.60. The number of fused-ring (bicyclic) bond motifs is 3. The van der Waals surface area contributed by atoms with Crippen LogP contribution in [0.25, 0.3) is 0 Å². The van der Waals surface area contributed by atoms with Gasteiger partial charge in [0.2, 0.25) is 10.0 Å². The van der Waals surface area contributed by atoms with Crippen molar-refractivity contribution in [2.75, 3.05) is 13.1 Å². The van der Waals surface area contributed by atoms with E-state index < -0.39 is 38.0 Å². The normalized spacial score (nSPS) is 26.4. The maximum atomic E-state index is 13.1. The van der Waals surface area contributed by atoms with Crippen molar-refractivity contribution in [3.05, 3.63) is 39.4 Å². The first-order valence-electron chi connectivity index (χ1n) is 10.2. The van der Waals surface area contributed by atoms with E-state index in [-0.39, 0.29) is 24.1 Å². The Balaban J connectivity index is 2.01. The average Bonchev–Trinajstić information content (AvgIpc) is 2.82. The number of rotatable bonds is 6. The maximum Gasteiger partial charge on any atom is 0.401 e. The van der Waals surface area contributed by atoms with Crippen LogP contribution in [0.15, 0.2) is 18.2 Å². The molecule has 0 saturated heterocycles. The van der Waals surface area contributed by atoms with Gasteiger partial charge in [0.1, 0.15) is 0 Å². The number of hydrogen-bond acceptors (Lipinski definition) is 5. The molecule has 3 rings (SSSR count). The van der Waals surface area contributed by atoms with Gasteiger partial charge in [-0.3, -0.25) is 10.1 Å². The Morgan fingerprint density at radius 3 is 2.23 bits per heavy atom. The van der Waals surface area contributed by atoms with Gasteiger partial charge >= 0.3 is 6.18 Å². The smallest absolute Gasteiger partial charge is 0.307 e. The van der Waals surface area contributed by atoms with Gasteiger partial charge in [0, 0.05) is 18.7 Å². The van der Waals surface area contributed by atoms with Crippen LogP contribution in [0.5, 0.6) is 0 Å². The van der Waals surface area contributed by atoms with Gasteiger partial charge in [0.15, 0.2) is 0 Å². The number of non-ortho nitro benzene ring substituents is 1. The first kappa shape index (κ1) is 23.9. The fourth-order valence-electron chi connectivity index (χ4n) is 4.77. The van der Waals surface area contributed by atoms with Crippen molar-refractivity contribution in [1.29, 1.82) is 0 Å². The number of sulfonamides is 1. The number of nitrogens with zero attached hydrogens (tertiary/aromatic N) is 1. The Hall–Kier alpha value is -1.72. The van der Waals surface area contributed by atoms with E-state index in [1.54, 1.807) is 26.8 Å². The standard InChI is InChI=1S/C20H28F3N3O4S/c1-18(2,3)31(29,30)25-19(11-24-12-20(21,22)23)15-5-6-16(19)9-14-10-17(26(27)28)7-4-13(14)8-15/h4,7,10,15-16,24-25H,5-6,8-9,11-12H2,1-3H3/t15-,16+,19+/m0/s1. The van der Waals surface area contributed by atoms with Crippen LogP contribution in [0, 0.1) is 22.0 Å². The quantitative estimate of drug-likeness (QED) is 0.498. The number of nitro benzene ring substituents is 1. The number of alkyl halides is 3. The predicted molar refractivity (Wildman–Crippen MR) is 110 cm³/mol. The zero-order chi connectivity index (χ0) is 23.2. The summed E-state index contributed by atoms with van der Waals surface area (Å²) in [5, 5.41) is 13.6. The van der Waals surface area contributed by atoms with Crippen molar-refractivity contribution in [3.63, 3.8) is 0 Å². The molecule has 1 fully saturated rings. The van der Waals surface area contributed by atoms with Crippen LogP contribution in [-0.4, -0.2) is 42.9 Å². The van der Waals surface area contributed by atoms with Crippen molar-refractivity contribution < 1.29 is 26.5 Å². The minimum Gasteiger partial charge on any atom is -0.307 e. The topological polar surface area (TPSA) is 101 Å². The van der Waals surface area contributed by atoms with E-state index in [1.165, 1.54) is 12.1 Å². The fraction of sp³-hybridized carbons (Fsp3) is 0.700. The van der Waals surface area contributed by atoms with Crippen molar-refractivity contribution in [2.45, 2.75) is 62.9 Å². The van der Waals surface area contributed by atoms with Gasteiger partial charge in [-0.25, -0.2) is 13.1 Å². The lowest BCUT2D eigenvalue weighted by molar-refractivity contribution is -0.384. The molecule has 0 spiro atoms. The molecule has 1 aromatic carbocycles. The van der Waals surface area contributed by atoms with Crippen LogP contribution in [0.4, 0.5) is 18.9 Å². The summed E-state index contributed by atoms with van der Waals surface area (Å²) in [6.07, 6.45) is -2.30. The molecule has 0 heterocycles. The van der Waals surface area contributed by atoms with Crippen LogP contribution in [0.3, 0.4) is 0 Å². The fourth-order valence-corrected chi connectivity index (χ4v) is 5.98. The maximum absolute atomic E-state index is 13.1. The molecule has 174 valence electrons. The minimum atomic E-state index is -4.42.